The second-order valence-corrected chi connectivity index (χ2v) is 6.45. The van der Waals surface area contributed by atoms with Crippen molar-refractivity contribution in [2.75, 3.05) is 5.73 Å². The molecular formula is C12H21N5OS. The topological polar surface area (TPSA) is 96.7 Å². The first kappa shape index (κ1) is 14.2. The van der Waals surface area contributed by atoms with Crippen molar-refractivity contribution in [3.05, 3.63) is 0 Å². The van der Waals surface area contributed by atoms with Crippen LogP contribution in [-0.4, -0.2) is 32.4 Å². The van der Waals surface area contributed by atoms with Crippen LogP contribution in [-0.2, 0) is 4.79 Å². The fraction of sp³-hybridized carbons (Fsp3) is 0.750. The van der Waals surface area contributed by atoms with Gasteiger partial charge < -0.3 is 11.1 Å². The number of nitrogens with zero attached hydrogens (tertiary/aromatic N) is 2. The van der Waals surface area contributed by atoms with Gasteiger partial charge in [-0.1, -0.05) is 31.5 Å². The third-order valence-electron chi connectivity index (χ3n) is 3.57. The number of amides is 1. The number of hydrogen-bond acceptors (Lipinski definition) is 5. The first-order valence-corrected chi connectivity index (χ1v) is 7.59. The van der Waals surface area contributed by atoms with Crippen LogP contribution in [0.1, 0.15) is 39.5 Å². The van der Waals surface area contributed by atoms with Gasteiger partial charge in [-0.05, 0) is 25.7 Å². The number of carbonyl (C=O) groups is 1. The number of anilines is 1. The van der Waals surface area contributed by atoms with Crippen molar-refractivity contribution in [2.24, 2.45) is 5.92 Å². The number of hydrogen-bond donors (Lipinski definition) is 3. The summed E-state index contributed by atoms with van der Waals surface area (Å²) in [5.74, 6) is 0.886. The molecule has 19 heavy (non-hydrogen) atoms. The summed E-state index contributed by atoms with van der Waals surface area (Å²) in [5, 5.41) is 9.92. The van der Waals surface area contributed by atoms with Crippen LogP contribution < -0.4 is 11.1 Å². The third-order valence-corrected chi connectivity index (χ3v) is 4.53. The Morgan fingerprint density at radius 3 is 2.89 bits per heavy atom. The summed E-state index contributed by atoms with van der Waals surface area (Å²) in [6.07, 6.45) is 4.75. The molecule has 3 atom stereocenters. The molecule has 7 heteroatoms. The van der Waals surface area contributed by atoms with Crippen molar-refractivity contribution < 1.29 is 4.79 Å². The molecule has 4 N–H and O–H groups in total. The van der Waals surface area contributed by atoms with Gasteiger partial charge in [-0.3, -0.25) is 4.79 Å². The smallest absolute Gasteiger partial charge is 0.233 e. The lowest BCUT2D eigenvalue weighted by Gasteiger charge is -2.30. The summed E-state index contributed by atoms with van der Waals surface area (Å²) in [6, 6.07) is 0.307. The molecule has 1 aromatic rings. The standard InChI is InChI=1S/C12H21N5OS/c1-7-5-3-4-6-9(7)14-10(18)8(2)19-12-15-11(13)16-17-12/h7-9H,3-6H2,1-2H3,(H,14,18)(H3,13,15,16,17)/t7-,8-,9-/m1/s1. The number of thioether (sulfide) groups is 1. The maximum absolute atomic E-state index is 12.1. The van der Waals surface area contributed by atoms with Crippen molar-refractivity contribution >= 4 is 23.6 Å². The van der Waals surface area contributed by atoms with Crippen molar-refractivity contribution in [1.82, 2.24) is 20.5 Å². The number of nitrogens with one attached hydrogen (secondary N) is 2. The Morgan fingerprint density at radius 2 is 2.26 bits per heavy atom. The normalized spacial score (nSPS) is 24.9. The lowest BCUT2D eigenvalue weighted by molar-refractivity contribution is -0.121. The molecule has 106 valence electrons. The molecule has 1 aromatic heterocycles. The SMILES string of the molecule is C[C@@H]1CCCC[C@H]1NC(=O)[C@@H](C)Sc1n[nH]c(N)n1. The van der Waals surface area contributed by atoms with Gasteiger partial charge in [-0.15, -0.1) is 5.10 Å². The van der Waals surface area contributed by atoms with E-state index in [1.807, 2.05) is 6.92 Å². The van der Waals surface area contributed by atoms with Gasteiger partial charge in [0.05, 0.1) is 5.25 Å². The Morgan fingerprint density at radius 1 is 1.53 bits per heavy atom. The van der Waals surface area contributed by atoms with Crippen molar-refractivity contribution in [3.63, 3.8) is 0 Å². The van der Waals surface area contributed by atoms with Gasteiger partial charge in [-0.25, -0.2) is 5.10 Å². The molecule has 1 fully saturated rings. The summed E-state index contributed by atoms with van der Waals surface area (Å²) in [6.45, 7) is 4.07. The number of aromatic nitrogens is 3. The summed E-state index contributed by atoms with van der Waals surface area (Å²) >= 11 is 1.32. The summed E-state index contributed by atoms with van der Waals surface area (Å²) in [7, 11) is 0. The molecule has 0 radical (unpaired) electrons. The van der Waals surface area contributed by atoms with Gasteiger partial charge in [0.25, 0.3) is 0 Å². The van der Waals surface area contributed by atoms with E-state index in [0.29, 0.717) is 17.1 Å². The second-order valence-electron chi connectivity index (χ2n) is 5.14. The van der Waals surface area contributed by atoms with Crippen LogP contribution >= 0.6 is 11.8 Å². The highest BCUT2D eigenvalue weighted by molar-refractivity contribution is 8.00. The number of aromatic amines is 1. The molecule has 2 rings (SSSR count). The summed E-state index contributed by atoms with van der Waals surface area (Å²) < 4.78 is 0. The highest BCUT2D eigenvalue weighted by Crippen LogP contribution is 2.25. The Bertz CT molecular complexity index is 436. The highest BCUT2D eigenvalue weighted by atomic mass is 32.2. The largest absolute Gasteiger partial charge is 0.368 e. The summed E-state index contributed by atoms with van der Waals surface area (Å²) in [5.41, 5.74) is 5.45. The number of nitrogen functional groups attached to an aromatic ring is 1. The Balaban J connectivity index is 1.85. The minimum atomic E-state index is -0.218. The molecule has 1 amide bonds. The van der Waals surface area contributed by atoms with Gasteiger partial charge in [0.1, 0.15) is 0 Å². The number of nitrogens with two attached hydrogens (primary N) is 1. The predicted molar refractivity (Wildman–Crippen MR) is 75.7 cm³/mol. The van der Waals surface area contributed by atoms with Crippen LogP contribution in [0.2, 0.25) is 0 Å². The molecule has 0 saturated heterocycles. The molecule has 6 nitrogen and oxygen atoms in total. The van der Waals surface area contributed by atoms with E-state index in [9.17, 15) is 4.79 Å². The molecule has 0 spiro atoms. The lowest BCUT2D eigenvalue weighted by Crippen LogP contribution is -2.44. The Hall–Kier alpha value is -1.24. The zero-order valence-corrected chi connectivity index (χ0v) is 12.2. The van der Waals surface area contributed by atoms with Gasteiger partial charge >= 0.3 is 0 Å². The molecular weight excluding hydrogens is 262 g/mol. The van der Waals surface area contributed by atoms with Crippen molar-refractivity contribution in [2.45, 2.75) is 56.0 Å². The average molecular weight is 283 g/mol. The maximum atomic E-state index is 12.1. The van der Waals surface area contributed by atoms with E-state index in [1.165, 1.54) is 31.0 Å². The molecule has 0 unspecified atom stereocenters. The Kier molecular flexibility index (Phi) is 4.68. The van der Waals surface area contributed by atoms with Crippen LogP contribution in [0, 0.1) is 5.92 Å². The first-order valence-electron chi connectivity index (χ1n) is 6.71. The van der Waals surface area contributed by atoms with Gasteiger partial charge in [-0.2, -0.15) is 4.98 Å². The predicted octanol–water partition coefficient (Wildman–Crippen LogP) is 1.56. The number of carbonyl (C=O) groups excluding carboxylic acids is 1. The highest BCUT2D eigenvalue weighted by Gasteiger charge is 2.25. The molecule has 1 aliphatic rings. The third kappa shape index (κ3) is 3.86. The molecule has 1 saturated carbocycles. The molecule has 0 aliphatic heterocycles. The second kappa shape index (κ2) is 6.27. The van der Waals surface area contributed by atoms with Crippen LogP contribution in [0.15, 0.2) is 5.16 Å². The van der Waals surface area contributed by atoms with Gasteiger partial charge in [0.2, 0.25) is 17.0 Å². The van der Waals surface area contributed by atoms with E-state index < -0.39 is 0 Å². The first-order chi connectivity index (χ1) is 9.06. The molecule has 0 aromatic carbocycles. The van der Waals surface area contributed by atoms with Crippen LogP contribution in [0.4, 0.5) is 5.95 Å². The van der Waals surface area contributed by atoms with E-state index in [2.05, 4.69) is 27.4 Å². The molecule has 1 aliphatic carbocycles. The van der Waals surface area contributed by atoms with Crippen molar-refractivity contribution in [1.29, 1.82) is 0 Å². The average Bonchev–Trinajstić information content (AvgIpc) is 2.77. The van der Waals surface area contributed by atoms with Crippen molar-refractivity contribution in [3.8, 4) is 0 Å². The van der Waals surface area contributed by atoms with E-state index >= 15 is 0 Å². The van der Waals surface area contributed by atoms with E-state index in [0.717, 1.165) is 6.42 Å². The maximum Gasteiger partial charge on any atom is 0.233 e. The van der Waals surface area contributed by atoms with Gasteiger partial charge in [0.15, 0.2) is 0 Å². The Labute approximate surface area is 117 Å². The minimum absolute atomic E-state index is 0.0483. The molecule has 1 heterocycles. The lowest BCUT2D eigenvalue weighted by atomic mass is 9.86. The zero-order valence-electron chi connectivity index (χ0n) is 11.3. The fourth-order valence-electron chi connectivity index (χ4n) is 2.35. The molecule has 0 bridgehead atoms. The van der Waals surface area contributed by atoms with E-state index in [-0.39, 0.29) is 17.1 Å². The quantitative estimate of drug-likeness (QED) is 0.729. The monoisotopic (exact) mass is 283 g/mol. The van der Waals surface area contributed by atoms with Crippen LogP contribution in [0.25, 0.3) is 0 Å². The number of rotatable bonds is 4. The van der Waals surface area contributed by atoms with E-state index in [4.69, 9.17) is 5.73 Å². The fourth-order valence-corrected chi connectivity index (χ4v) is 3.09. The zero-order chi connectivity index (χ0) is 13.8. The van der Waals surface area contributed by atoms with Crippen LogP contribution in [0.5, 0.6) is 0 Å². The van der Waals surface area contributed by atoms with Crippen LogP contribution in [0.3, 0.4) is 0 Å². The van der Waals surface area contributed by atoms with E-state index in [1.54, 1.807) is 0 Å². The minimum Gasteiger partial charge on any atom is -0.368 e. The summed E-state index contributed by atoms with van der Waals surface area (Å²) in [4.78, 5) is 16.1. The number of H-pyrrole nitrogens is 1. The van der Waals surface area contributed by atoms with Gasteiger partial charge in [0, 0.05) is 6.04 Å².